The van der Waals surface area contributed by atoms with Gasteiger partial charge in [0, 0.05) is 19.4 Å². The molecule has 0 aliphatic carbocycles. The standard InChI is InChI=1S/C19H29N4O5/c1-10(2)16(21-12(4)24)19(28)23-9-14(25)17-13(23)7-8-22(17)15(26)6-5-11(3)18(20)27/h6,10-11,13,16-17H,5,7-9H2,1-4H3,(H2,20,27)(H,21,24). The van der Waals surface area contributed by atoms with E-state index in [1.165, 1.54) is 23.1 Å². The van der Waals surface area contributed by atoms with Gasteiger partial charge in [-0.3, -0.25) is 24.0 Å². The average molecular weight is 393 g/mol. The van der Waals surface area contributed by atoms with Crippen molar-refractivity contribution in [3.05, 3.63) is 6.42 Å². The van der Waals surface area contributed by atoms with Crippen molar-refractivity contribution < 1.29 is 24.0 Å². The Bertz CT molecular complexity index is 677. The second-order valence-electron chi connectivity index (χ2n) is 7.93. The van der Waals surface area contributed by atoms with Crippen LogP contribution in [0.2, 0.25) is 0 Å². The molecule has 2 fully saturated rings. The first-order chi connectivity index (χ1) is 13.0. The van der Waals surface area contributed by atoms with E-state index in [0.717, 1.165) is 0 Å². The van der Waals surface area contributed by atoms with E-state index in [4.69, 9.17) is 5.73 Å². The maximum atomic E-state index is 13.0. The van der Waals surface area contributed by atoms with Gasteiger partial charge in [-0.25, -0.2) is 0 Å². The smallest absolute Gasteiger partial charge is 0.246 e. The number of primary amides is 1. The molecular formula is C19H29N4O5. The summed E-state index contributed by atoms with van der Waals surface area (Å²) in [5.74, 6) is -2.22. The van der Waals surface area contributed by atoms with Crippen LogP contribution in [0.5, 0.6) is 0 Å². The Hall–Kier alpha value is -2.45. The summed E-state index contributed by atoms with van der Waals surface area (Å²) < 4.78 is 0. The van der Waals surface area contributed by atoms with Crippen LogP contribution in [-0.2, 0) is 24.0 Å². The van der Waals surface area contributed by atoms with Crippen LogP contribution in [0.3, 0.4) is 0 Å². The Morgan fingerprint density at radius 2 is 1.86 bits per heavy atom. The number of nitrogens with two attached hydrogens (primary N) is 1. The van der Waals surface area contributed by atoms with Gasteiger partial charge in [0.15, 0.2) is 5.78 Å². The molecule has 0 aromatic rings. The topological polar surface area (TPSA) is 130 Å². The number of nitrogens with zero attached hydrogens (tertiary/aromatic N) is 2. The molecule has 4 unspecified atom stereocenters. The molecule has 2 saturated heterocycles. The number of fused-ring (bicyclic) bond motifs is 1. The molecule has 4 atom stereocenters. The van der Waals surface area contributed by atoms with Gasteiger partial charge >= 0.3 is 0 Å². The van der Waals surface area contributed by atoms with E-state index in [9.17, 15) is 24.0 Å². The molecule has 1 radical (unpaired) electrons. The average Bonchev–Trinajstić information content (AvgIpc) is 3.17. The molecule has 9 heteroatoms. The van der Waals surface area contributed by atoms with Crippen molar-refractivity contribution in [2.45, 2.75) is 58.7 Å². The highest BCUT2D eigenvalue weighted by atomic mass is 16.2. The van der Waals surface area contributed by atoms with Crippen LogP contribution in [-0.4, -0.2) is 70.4 Å². The Balaban J connectivity index is 2.08. The SMILES string of the molecule is CC(=O)NC(C(=O)N1CC(=O)C2C1CCN2C(=O)[CH]CC(C)C(N)=O)C(C)C. The fourth-order valence-corrected chi connectivity index (χ4v) is 3.78. The van der Waals surface area contributed by atoms with Crippen LogP contribution in [0.15, 0.2) is 0 Å². The van der Waals surface area contributed by atoms with Crippen molar-refractivity contribution >= 4 is 29.4 Å². The molecule has 0 bridgehead atoms. The predicted molar refractivity (Wildman–Crippen MR) is 100 cm³/mol. The summed E-state index contributed by atoms with van der Waals surface area (Å²) in [6.45, 7) is 6.92. The first-order valence-corrected chi connectivity index (χ1v) is 9.58. The van der Waals surface area contributed by atoms with E-state index in [0.29, 0.717) is 13.0 Å². The van der Waals surface area contributed by atoms with E-state index in [1.54, 1.807) is 6.92 Å². The Labute approximate surface area is 165 Å². The zero-order chi connectivity index (χ0) is 21.2. The summed E-state index contributed by atoms with van der Waals surface area (Å²) in [5, 5.41) is 2.66. The van der Waals surface area contributed by atoms with Crippen molar-refractivity contribution in [3.8, 4) is 0 Å². The van der Waals surface area contributed by atoms with Crippen molar-refractivity contribution in [2.24, 2.45) is 17.6 Å². The third-order valence-electron chi connectivity index (χ3n) is 5.41. The Kier molecular flexibility index (Phi) is 6.79. The molecule has 155 valence electrons. The van der Waals surface area contributed by atoms with Crippen LogP contribution in [0, 0.1) is 18.3 Å². The van der Waals surface area contributed by atoms with Crippen LogP contribution in [0.1, 0.15) is 40.5 Å². The maximum absolute atomic E-state index is 13.0. The fourth-order valence-electron chi connectivity index (χ4n) is 3.78. The van der Waals surface area contributed by atoms with Crippen LogP contribution < -0.4 is 11.1 Å². The molecule has 28 heavy (non-hydrogen) atoms. The van der Waals surface area contributed by atoms with E-state index in [2.05, 4.69) is 5.32 Å². The summed E-state index contributed by atoms with van der Waals surface area (Å²) in [7, 11) is 0. The molecule has 0 aromatic carbocycles. The van der Waals surface area contributed by atoms with Crippen molar-refractivity contribution in [1.29, 1.82) is 0 Å². The number of hydrogen-bond acceptors (Lipinski definition) is 5. The lowest BCUT2D eigenvalue weighted by molar-refractivity contribution is -0.138. The van der Waals surface area contributed by atoms with Gasteiger partial charge in [0.1, 0.15) is 12.1 Å². The van der Waals surface area contributed by atoms with Gasteiger partial charge in [0.05, 0.1) is 19.0 Å². The van der Waals surface area contributed by atoms with Gasteiger partial charge in [-0.15, -0.1) is 0 Å². The largest absolute Gasteiger partial charge is 0.369 e. The summed E-state index contributed by atoms with van der Waals surface area (Å²) in [5.41, 5.74) is 5.21. The highest BCUT2D eigenvalue weighted by molar-refractivity contribution is 6.00. The minimum atomic E-state index is -0.711. The molecule has 2 aliphatic heterocycles. The lowest BCUT2D eigenvalue weighted by Gasteiger charge is -2.29. The van der Waals surface area contributed by atoms with Crippen molar-refractivity contribution in [3.63, 3.8) is 0 Å². The van der Waals surface area contributed by atoms with Gasteiger partial charge < -0.3 is 20.9 Å². The fraction of sp³-hybridized carbons (Fsp3) is 0.684. The lowest BCUT2D eigenvalue weighted by Crippen LogP contribution is -2.52. The second-order valence-corrected chi connectivity index (χ2v) is 7.93. The zero-order valence-corrected chi connectivity index (χ0v) is 16.8. The van der Waals surface area contributed by atoms with Gasteiger partial charge in [-0.1, -0.05) is 20.8 Å². The molecule has 0 saturated carbocycles. The minimum Gasteiger partial charge on any atom is -0.369 e. The Morgan fingerprint density at radius 1 is 1.21 bits per heavy atom. The minimum absolute atomic E-state index is 0.0710. The first kappa shape index (κ1) is 21.8. The number of nitrogens with one attached hydrogen (secondary N) is 1. The van der Waals surface area contributed by atoms with E-state index in [-0.39, 0.29) is 48.4 Å². The molecule has 2 heterocycles. The predicted octanol–water partition coefficient (Wildman–Crippen LogP) is -0.756. The Morgan fingerprint density at radius 3 is 2.39 bits per heavy atom. The summed E-state index contributed by atoms with van der Waals surface area (Å²) in [6, 6.07) is -1.78. The first-order valence-electron chi connectivity index (χ1n) is 9.58. The number of hydrogen-bond donors (Lipinski definition) is 2. The number of amides is 4. The van der Waals surface area contributed by atoms with Crippen LogP contribution in [0.4, 0.5) is 0 Å². The van der Waals surface area contributed by atoms with Gasteiger partial charge in [0.2, 0.25) is 23.6 Å². The van der Waals surface area contributed by atoms with Gasteiger partial charge in [0.25, 0.3) is 0 Å². The van der Waals surface area contributed by atoms with Crippen molar-refractivity contribution in [2.75, 3.05) is 13.1 Å². The summed E-state index contributed by atoms with van der Waals surface area (Å²) >= 11 is 0. The molecule has 9 nitrogen and oxygen atoms in total. The highest BCUT2D eigenvalue weighted by Gasteiger charge is 2.52. The highest BCUT2D eigenvalue weighted by Crippen LogP contribution is 2.31. The van der Waals surface area contributed by atoms with Crippen molar-refractivity contribution in [1.82, 2.24) is 15.1 Å². The second kappa shape index (κ2) is 8.70. The van der Waals surface area contributed by atoms with E-state index >= 15 is 0 Å². The normalized spacial score (nSPS) is 23.5. The number of Topliss-reactive ketones (excluding diaryl/α,β-unsaturated/α-hetero) is 1. The molecule has 4 amide bonds. The number of carbonyl (C=O) groups excluding carboxylic acids is 5. The van der Waals surface area contributed by atoms with Crippen LogP contribution in [0.25, 0.3) is 0 Å². The lowest BCUT2D eigenvalue weighted by atomic mass is 10.0. The van der Waals surface area contributed by atoms with Gasteiger partial charge in [-0.2, -0.15) is 0 Å². The quantitative estimate of drug-likeness (QED) is 0.587. The number of carbonyl (C=O) groups is 5. The monoisotopic (exact) mass is 393 g/mol. The molecule has 2 aliphatic rings. The number of ketones is 1. The number of likely N-dealkylation sites (tertiary alicyclic amines) is 2. The summed E-state index contributed by atoms with van der Waals surface area (Å²) in [6.07, 6.45) is 2.08. The zero-order valence-electron chi connectivity index (χ0n) is 16.8. The molecular weight excluding hydrogens is 364 g/mol. The molecule has 0 aromatic heterocycles. The third kappa shape index (κ3) is 4.51. The third-order valence-corrected chi connectivity index (χ3v) is 5.41. The number of rotatable bonds is 7. The molecule has 0 spiro atoms. The van der Waals surface area contributed by atoms with Crippen LogP contribution >= 0.6 is 0 Å². The maximum Gasteiger partial charge on any atom is 0.246 e. The summed E-state index contributed by atoms with van der Waals surface area (Å²) in [4.78, 5) is 63.6. The molecule has 3 N–H and O–H groups in total. The van der Waals surface area contributed by atoms with E-state index in [1.807, 2.05) is 13.8 Å². The molecule has 2 rings (SSSR count). The van der Waals surface area contributed by atoms with E-state index < -0.39 is 23.9 Å². The van der Waals surface area contributed by atoms with Gasteiger partial charge in [-0.05, 0) is 18.8 Å².